The fourth-order valence-electron chi connectivity index (χ4n) is 16.2. The zero-order valence-electron chi connectivity index (χ0n) is 70.8. The van der Waals surface area contributed by atoms with Crippen LogP contribution in [0.3, 0.4) is 0 Å². The quantitative estimate of drug-likeness (QED) is 0.0340. The summed E-state index contributed by atoms with van der Waals surface area (Å²) in [5.74, 6) is -0.307. The summed E-state index contributed by atoms with van der Waals surface area (Å²) in [6.07, 6.45) is 79.7. The molecule has 0 bridgehead atoms. The Labute approximate surface area is 648 Å². The Morgan fingerprint density at radius 3 is 0.663 bits per heavy atom. The van der Waals surface area contributed by atoms with E-state index in [4.69, 9.17) is 9.47 Å². The van der Waals surface area contributed by atoms with E-state index in [1.807, 2.05) is 0 Å². The van der Waals surface area contributed by atoms with Crippen molar-refractivity contribution in [2.75, 3.05) is 78.7 Å². The topological polar surface area (TPSA) is 146 Å². The molecule has 1 saturated heterocycles. The van der Waals surface area contributed by atoms with Crippen molar-refractivity contribution in [2.24, 2.45) is 0 Å². The molecule has 1 rings (SSSR count). The number of hydrogen-bond donors (Lipinski definition) is 4. The van der Waals surface area contributed by atoms with Gasteiger partial charge in [-0.2, -0.15) is 0 Å². The zero-order chi connectivity index (χ0) is 75.5. The highest BCUT2D eigenvalue weighted by Crippen LogP contribution is 2.22. The van der Waals surface area contributed by atoms with Gasteiger partial charge in [-0.15, -0.1) is 0 Å². The van der Waals surface area contributed by atoms with Crippen LogP contribution in [0.2, 0.25) is 0 Å². The molecule has 6 atom stereocenters. The van der Waals surface area contributed by atoms with Gasteiger partial charge in [0.15, 0.2) is 0 Å². The molecular formula is C92H184N4O8. The Morgan fingerprint density at radius 2 is 0.471 bits per heavy atom. The molecule has 0 aromatic rings. The van der Waals surface area contributed by atoms with Crippen molar-refractivity contribution in [2.45, 2.75) is 502 Å². The third kappa shape index (κ3) is 68.6. The summed E-state index contributed by atoms with van der Waals surface area (Å²) in [7, 11) is 0. The molecule has 12 nitrogen and oxygen atoms in total. The lowest BCUT2D eigenvalue weighted by Gasteiger charge is -2.44. The molecular weight excluding hydrogens is 1290 g/mol. The van der Waals surface area contributed by atoms with Gasteiger partial charge in [0.05, 0.1) is 24.4 Å². The van der Waals surface area contributed by atoms with Gasteiger partial charge in [0.2, 0.25) is 0 Å². The molecule has 0 aromatic carbocycles. The van der Waals surface area contributed by atoms with Crippen LogP contribution in [-0.2, 0) is 19.1 Å². The van der Waals surface area contributed by atoms with E-state index >= 15 is 0 Å². The largest absolute Gasteiger partial charge is 0.464 e. The van der Waals surface area contributed by atoms with Crippen LogP contribution in [0.25, 0.3) is 0 Å². The van der Waals surface area contributed by atoms with E-state index in [1.54, 1.807) is 0 Å². The van der Waals surface area contributed by atoms with E-state index in [-0.39, 0.29) is 24.0 Å². The van der Waals surface area contributed by atoms with E-state index in [2.05, 4.69) is 61.1 Å². The van der Waals surface area contributed by atoms with Crippen molar-refractivity contribution in [1.82, 2.24) is 19.6 Å². The number of nitrogens with zero attached hydrogens (tertiary/aromatic N) is 4. The highest BCUT2D eigenvalue weighted by Gasteiger charge is 2.29. The highest BCUT2D eigenvalue weighted by molar-refractivity contribution is 5.69. The van der Waals surface area contributed by atoms with Gasteiger partial charge >= 0.3 is 11.9 Å². The van der Waals surface area contributed by atoms with Gasteiger partial charge in [0.1, 0.15) is 13.2 Å². The monoisotopic (exact) mass is 1470 g/mol. The zero-order valence-corrected chi connectivity index (χ0v) is 70.8. The van der Waals surface area contributed by atoms with Crippen molar-refractivity contribution in [3.8, 4) is 0 Å². The number of carbonyl (C=O) groups excluding carboxylic acids is 2. The van der Waals surface area contributed by atoms with Crippen molar-refractivity contribution in [3.63, 3.8) is 0 Å². The molecule has 1 aliphatic heterocycles. The van der Waals surface area contributed by atoms with Crippen LogP contribution in [0.5, 0.6) is 0 Å². The molecule has 0 aliphatic carbocycles. The van der Waals surface area contributed by atoms with Crippen LogP contribution in [0.4, 0.5) is 0 Å². The molecule has 4 N–H and O–H groups in total. The van der Waals surface area contributed by atoms with E-state index in [1.165, 1.54) is 334 Å². The number of hydrogen-bond acceptors (Lipinski definition) is 12. The lowest BCUT2D eigenvalue weighted by molar-refractivity contribution is -0.146. The normalized spacial score (nSPS) is 15.8. The minimum atomic E-state index is -0.403. The number of aliphatic hydroxyl groups is 4. The molecule has 12 heteroatoms. The molecule has 0 amide bonds. The van der Waals surface area contributed by atoms with Crippen LogP contribution in [0.15, 0.2) is 0 Å². The second-order valence-corrected chi connectivity index (χ2v) is 33.7. The number of piperazine rings is 1. The van der Waals surface area contributed by atoms with E-state index < -0.39 is 24.4 Å². The van der Waals surface area contributed by atoms with Gasteiger partial charge in [-0.05, 0) is 78.3 Å². The minimum absolute atomic E-state index is 0.153. The van der Waals surface area contributed by atoms with Crippen molar-refractivity contribution >= 4 is 11.9 Å². The summed E-state index contributed by atoms with van der Waals surface area (Å²) in [5, 5.41) is 45.0. The standard InChI is InChI=1S/C92H184N4O8/c1-7-11-15-19-23-27-31-35-39-43-47-51-55-59-67-87(97)81-93(82-88(98)68-60-56-52-48-44-40-36-32-28-24-20-16-12-8-2)73-65-63-71-91(101)103-77-75-95-79-86(6)96(80-85(95)5)76-78-104-92(102)72-64-66-74-94(83-89(99)69-61-57-53-49-45-41-37-33-29-25-21-17-13-9-3)84-90(100)70-62-58-54-50-46-42-38-34-30-26-22-18-14-10-4/h85-90,97-100H,7-84H2,1-6H3. The molecule has 1 aliphatic rings. The fourth-order valence-corrected chi connectivity index (χ4v) is 16.2. The molecule has 0 radical (unpaired) electrons. The molecule has 1 heterocycles. The van der Waals surface area contributed by atoms with Crippen molar-refractivity contribution in [3.05, 3.63) is 0 Å². The number of carbonyl (C=O) groups is 2. The third-order valence-corrected chi connectivity index (χ3v) is 23.2. The van der Waals surface area contributed by atoms with Gasteiger partial charge in [0.25, 0.3) is 0 Å². The summed E-state index contributed by atoms with van der Waals surface area (Å²) in [6.45, 7) is 21.3. The first-order chi connectivity index (χ1) is 50.9. The minimum Gasteiger partial charge on any atom is -0.464 e. The van der Waals surface area contributed by atoms with Crippen LogP contribution in [0.1, 0.15) is 465 Å². The smallest absolute Gasteiger partial charge is 0.305 e. The van der Waals surface area contributed by atoms with Gasteiger partial charge in [-0.3, -0.25) is 29.2 Å². The van der Waals surface area contributed by atoms with E-state index in [0.717, 1.165) is 103 Å². The van der Waals surface area contributed by atoms with Gasteiger partial charge in [-0.1, -0.05) is 387 Å². The number of unbranched alkanes of at least 4 members (excludes halogenated alkanes) is 54. The Balaban J connectivity index is 2.52. The number of aliphatic hydroxyl groups excluding tert-OH is 4. The van der Waals surface area contributed by atoms with Crippen molar-refractivity contribution < 1.29 is 39.5 Å². The Bertz CT molecular complexity index is 1550. The SMILES string of the molecule is CCCCCCCCCCCCCCCCC(O)CN(CCCCC(=O)OCCN1CC(C)N(CCOC(=O)CCCCN(CC(O)CCCCCCCCCCCCCCCC)CC(O)CCCCCCCCCCCCCCCC)CC1C)CC(O)CCCCCCCCCCCCCCCC. The van der Waals surface area contributed by atoms with Gasteiger partial charge in [0, 0.05) is 77.3 Å². The average Bonchev–Trinajstić information content (AvgIpc) is 0.848. The molecule has 0 aromatic heterocycles. The first kappa shape index (κ1) is 101. The van der Waals surface area contributed by atoms with Crippen molar-refractivity contribution in [1.29, 1.82) is 0 Å². The predicted octanol–water partition coefficient (Wildman–Crippen LogP) is 24.3. The highest BCUT2D eigenvalue weighted by atomic mass is 16.5. The second-order valence-electron chi connectivity index (χ2n) is 33.7. The number of ether oxygens (including phenoxy) is 2. The van der Waals surface area contributed by atoms with Crippen LogP contribution < -0.4 is 0 Å². The molecule has 1 fully saturated rings. The molecule has 620 valence electrons. The van der Waals surface area contributed by atoms with Gasteiger partial charge < -0.3 is 29.9 Å². The molecule has 6 unspecified atom stereocenters. The Hall–Kier alpha value is -1.38. The molecule has 0 spiro atoms. The summed E-state index contributed by atoms with van der Waals surface area (Å²) in [4.78, 5) is 35.5. The second kappa shape index (κ2) is 78.3. The fraction of sp³-hybridized carbons (Fsp3) is 0.978. The maximum atomic E-state index is 13.1. The maximum Gasteiger partial charge on any atom is 0.305 e. The summed E-state index contributed by atoms with van der Waals surface area (Å²) >= 11 is 0. The molecule has 104 heavy (non-hydrogen) atoms. The first-order valence-corrected chi connectivity index (χ1v) is 46.9. The van der Waals surface area contributed by atoms with Crippen LogP contribution >= 0.6 is 0 Å². The van der Waals surface area contributed by atoms with E-state index in [0.29, 0.717) is 65.3 Å². The number of rotatable bonds is 84. The Morgan fingerprint density at radius 1 is 0.288 bits per heavy atom. The predicted molar refractivity (Wildman–Crippen MR) is 448 cm³/mol. The van der Waals surface area contributed by atoms with E-state index in [9.17, 15) is 30.0 Å². The lowest BCUT2D eigenvalue weighted by Crippen LogP contribution is -2.57. The molecule has 0 saturated carbocycles. The number of esters is 2. The summed E-state index contributed by atoms with van der Waals surface area (Å²) < 4.78 is 11.6. The average molecular weight is 1470 g/mol. The van der Waals surface area contributed by atoms with Gasteiger partial charge in [-0.25, -0.2) is 0 Å². The van der Waals surface area contributed by atoms with Crippen LogP contribution in [0, 0.1) is 0 Å². The summed E-state index contributed by atoms with van der Waals surface area (Å²) in [6, 6.07) is 0.555. The first-order valence-electron chi connectivity index (χ1n) is 46.9. The third-order valence-electron chi connectivity index (χ3n) is 23.2. The lowest BCUT2D eigenvalue weighted by atomic mass is 10.0. The van der Waals surface area contributed by atoms with Crippen LogP contribution in [-0.4, -0.2) is 167 Å². The maximum absolute atomic E-state index is 13.1. The Kier molecular flexibility index (Phi) is 75.8. The summed E-state index contributed by atoms with van der Waals surface area (Å²) in [5.41, 5.74) is 0.